The Morgan fingerprint density at radius 2 is 1.91 bits per heavy atom. The normalized spacial score (nSPS) is 27.3. The Bertz CT molecular complexity index is 891. The first-order valence-electron chi connectivity index (χ1n) is 12.4. The molecule has 34 heavy (non-hydrogen) atoms. The largest absolute Gasteiger partial charge is 0.450 e. The third-order valence-electron chi connectivity index (χ3n) is 7.42. The maximum Gasteiger partial charge on any atom is 0.407 e. The van der Waals surface area contributed by atoms with Crippen LogP contribution in [0.1, 0.15) is 81.6 Å². The smallest absolute Gasteiger partial charge is 0.407 e. The van der Waals surface area contributed by atoms with Crippen molar-refractivity contribution in [1.82, 2.24) is 5.32 Å². The minimum Gasteiger partial charge on any atom is -0.450 e. The van der Waals surface area contributed by atoms with Crippen molar-refractivity contribution in [2.45, 2.75) is 93.3 Å². The first-order chi connectivity index (χ1) is 15.7. The van der Waals surface area contributed by atoms with Gasteiger partial charge in [-0.25, -0.2) is 9.59 Å². The number of allylic oxidation sites excluding steroid dienone is 3. The van der Waals surface area contributed by atoms with Crippen molar-refractivity contribution in [1.29, 1.82) is 0 Å². The van der Waals surface area contributed by atoms with Crippen molar-refractivity contribution < 1.29 is 23.9 Å². The second-order valence-corrected chi connectivity index (χ2v) is 11.1. The van der Waals surface area contributed by atoms with Crippen molar-refractivity contribution >= 4 is 17.8 Å². The molecule has 1 aliphatic heterocycles. The van der Waals surface area contributed by atoms with Crippen molar-refractivity contribution in [2.24, 2.45) is 23.2 Å². The van der Waals surface area contributed by atoms with Crippen LogP contribution in [0.5, 0.6) is 0 Å². The molecule has 0 saturated heterocycles. The molecule has 0 aromatic heterocycles. The number of carbonyl (C=O) groups is 3. The van der Waals surface area contributed by atoms with Crippen LogP contribution >= 0.6 is 0 Å². The molecule has 0 bridgehead atoms. The standard InChI is InChI=1S/C28H43NO5/c1-10-11-23-20(5)22(24-14-17(2)25(31)33-24)12-13-28(23,21(6)30)15-18(3)19(4)16-29-26(32)34-27(7,8)9/h10-11,14,18-19,23-24H,12-13,15-16H2,1-9H3,(H,29,32)/b11-10-/t18-,19-,23-,24+,28-/m0/s1. The van der Waals surface area contributed by atoms with Gasteiger partial charge in [-0.15, -0.1) is 0 Å². The van der Waals surface area contributed by atoms with E-state index in [-0.39, 0.29) is 35.6 Å². The summed E-state index contributed by atoms with van der Waals surface area (Å²) in [5, 5.41) is 2.87. The van der Waals surface area contributed by atoms with Crippen LogP contribution < -0.4 is 5.32 Å². The van der Waals surface area contributed by atoms with Gasteiger partial charge in [-0.1, -0.05) is 31.6 Å². The summed E-state index contributed by atoms with van der Waals surface area (Å²) in [7, 11) is 0. The summed E-state index contributed by atoms with van der Waals surface area (Å²) in [4.78, 5) is 37.3. The Balaban J connectivity index is 2.24. The van der Waals surface area contributed by atoms with Crippen LogP contribution in [-0.2, 0) is 19.1 Å². The predicted molar refractivity (Wildman–Crippen MR) is 134 cm³/mol. The van der Waals surface area contributed by atoms with E-state index in [2.05, 4.69) is 32.2 Å². The zero-order chi connectivity index (χ0) is 25.8. The molecule has 5 atom stereocenters. The lowest BCUT2D eigenvalue weighted by Crippen LogP contribution is -2.44. The van der Waals surface area contributed by atoms with Crippen molar-refractivity contribution in [3.05, 3.63) is 34.9 Å². The number of amides is 1. The molecule has 1 heterocycles. The average molecular weight is 474 g/mol. The third-order valence-corrected chi connectivity index (χ3v) is 7.42. The Kier molecular flexibility index (Phi) is 8.95. The fraction of sp³-hybridized carbons (Fsp3) is 0.679. The van der Waals surface area contributed by atoms with E-state index in [1.54, 1.807) is 13.8 Å². The lowest BCUT2D eigenvalue weighted by molar-refractivity contribution is -0.139. The summed E-state index contributed by atoms with van der Waals surface area (Å²) in [6.45, 7) is 17.8. The fourth-order valence-electron chi connectivity index (χ4n) is 5.22. The van der Waals surface area contributed by atoms with E-state index in [0.717, 1.165) is 24.0 Å². The van der Waals surface area contributed by atoms with Gasteiger partial charge in [-0.2, -0.15) is 0 Å². The molecule has 2 aliphatic rings. The van der Waals surface area contributed by atoms with E-state index in [0.29, 0.717) is 18.5 Å². The molecule has 0 aromatic rings. The molecule has 6 nitrogen and oxygen atoms in total. The third kappa shape index (κ3) is 6.39. The van der Waals surface area contributed by atoms with Gasteiger partial charge in [0.2, 0.25) is 0 Å². The van der Waals surface area contributed by atoms with E-state index in [9.17, 15) is 14.4 Å². The van der Waals surface area contributed by atoms with Crippen molar-refractivity contribution in [3.63, 3.8) is 0 Å². The summed E-state index contributed by atoms with van der Waals surface area (Å²) in [6.07, 6.45) is 7.42. The number of Topliss-reactive ketones (excluding diaryl/α,β-unsaturated/α-hetero) is 1. The number of alkyl carbamates (subject to hydrolysis) is 1. The Morgan fingerprint density at radius 3 is 2.41 bits per heavy atom. The zero-order valence-corrected chi connectivity index (χ0v) is 22.4. The SMILES string of the molecule is C/C=C\[C@H]1C(C)=C([C@H]2C=C(C)C(=O)O2)CC[C@]1(C[C@H](C)[C@@H](C)CNC(=O)OC(C)(C)C)C(C)=O. The van der Waals surface area contributed by atoms with Gasteiger partial charge in [0.1, 0.15) is 17.5 Å². The van der Waals surface area contributed by atoms with E-state index in [1.165, 1.54) is 0 Å². The number of hydrogen-bond donors (Lipinski definition) is 1. The summed E-state index contributed by atoms with van der Waals surface area (Å²) in [5.41, 5.74) is 1.80. The monoisotopic (exact) mass is 473 g/mol. The highest BCUT2D eigenvalue weighted by Crippen LogP contribution is 2.51. The molecule has 2 rings (SSSR count). The van der Waals surface area contributed by atoms with Crippen LogP contribution in [0.3, 0.4) is 0 Å². The molecule has 1 amide bonds. The van der Waals surface area contributed by atoms with Crippen LogP contribution in [0.25, 0.3) is 0 Å². The molecule has 0 radical (unpaired) electrons. The van der Waals surface area contributed by atoms with Gasteiger partial charge in [0.05, 0.1) is 0 Å². The fourth-order valence-corrected chi connectivity index (χ4v) is 5.22. The first-order valence-corrected chi connectivity index (χ1v) is 12.4. The summed E-state index contributed by atoms with van der Waals surface area (Å²) in [5.74, 6) is 0.231. The van der Waals surface area contributed by atoms with Crippen LogP contribution in [0.2, 0.25) is 0 Å². The molecular formula is C28H43NO5. The number of ketones is 1. The number of cyclic esters (lactones) is 1. The Hall–Kier alpha value is -2.37. The molecule has 0 aromatic carbocycles. The van der Waals surface area contributed by atoms with E-state index >= 15 is 0 Å². The molecule has 0 spiro atoms. The highest BCUT2D eigenvalue weighted by molar-refractivity contribution is 5.90. The van der Waals surface area contributed by atoms with Crippen LogP contribution in [-0.4, -0.2) is 36.1 Å². The summed E-state index contributed by atoms with van der Waals surface area (Å²) < 4.78 is 11.0. The van der Waals surface area contributed by atoms with E-state index in [1.807, 2.05) is 39.8 Å². The lowest BCUT2D eigenvalue weighted by Gasteiger charge is -2.45. The van der Waals surface area contributed by atoms with Gasteiger partial charge in [0.25, 0.3) is 0 Å². The second-order valence-electron chi connectivity index (χ2n) is 11.1. The van der Waals surface area contributed by atoms with E-state index in [4.69, 9.17) is 9.47 Å². The molecule has 6 heteroatoms. The van der Waals surface area contributed by atoms with Gasteiger partial charge in [-0.3, -0.25) is 4.79 Å². The minimum atomic E-state index is -0.539. The number of nitrogens with one attached hydrogen (secondary N) is 1. The molecule has 0 unspecified atom stereocenters. The van der Waals surface area contributed by atoms with Crippen LogP contribution in [0.15, 0.2) is 34.9 Å². The Labute approximate surface area is 205 Å². The van der Waals surface area contributed by atoms with Gasteiger partial charge in [0.15, 0.2) is 0 Å². The molecule has 1 aliphatic carbocycles. The molecule has 0 fully saturated rings. The van der Waals surface area contributed by atoms with Crippen molar-refractivity contribution in [2.75, 3.05) is 6.54 Å². The maximum atomic E-state index is 13.2. The van der Waals surface area contributed by atoms with E-state index < -0.39 is 17.1 Å². The second kappa shape index (κ2) is 10.9. The minimum absolute atomic E-state index is 0.0553. The number of esters is 1. The topological polar surface area (TPSA) is 81.7 Å². The number of ether oxygens (including phenoxy) is 2. The van der Waals surface area contributed by atoms with Gasteiger partial charge in [-0.05, 0) is 91.2 Å². The van der Waals surface area contributed by atoms with Crippen LogP contribution in [0, 0.1) is 23.2 Å². The molecule has 0 saturated carbocycles. The van der Waals surface area contributed by atoms with Crippen molar-refractivity contribution in [3.8, 4) is 0 Å². The van der Waals surface area contributed by atoms with Gasteiger partial charge >= 0.3 is 12.1 Å². The van der Waals surface area contributed by atoms with Gasteiger partial charge in [0, 0.05) is 23.5 Å². The Morgan fingerprint density at radius 1 is 1.26 bits per heavy atom. The quantitative estimate of drug-likeness (QED) is 0.349. The predicted octanol–water partition coefficient (Wildman–Crippen LogP) is 5.92. The molecule has 190 valence electrons. The highest BCUT2D eigenvalue weighted by Gasteiger charge is 2.48. The number of carbonyl (C=O) groups excluding carboxylic acids is 3. The molecule has 1 N–H and O–H groups in total. The average Bonchev–Trinajstić information content (AvgIpc) is 3.05. The zero-order valence-electron chi connectivity index (χ0n) is 22.4. The number of rotatable bonds is 8. The molecular weight excluding hydrogens is 430 g/mol. The first kappa shape index (κ1) is 27.9. The summed E-state index contributed by atoms with van der Waals surface area (Å²) >= 11 is 0. The lowest BCUT2D eigenvalue weighted by atomic mass is 9.57. The highest BCUT2D eigenvalue weighted by atomic mass is 16.6. The van der Waals surface area contributed by atoms with Crippen LogP contribution in [0.4, 0.5) is 4.79 Å². The maximum absolute atomic E-state index is 13.2. The summed E-state index contributed by atoms with van der Waals surface area (Å²) in [6, 6.07) is 0. The van der Waals surface area contributed by atoms with Gasteiger partial charge < -0.3 is 14.8 Å². The number of hydrogen-bond acceptors (Lipinski definition) is 5.